The molecule has 0 bridgehead atoms. The molecule has 2 aromatic heterocycles. The lowest BCUT2D eigenvalue weighted by atomic mass is 9.92. The van der Waals surface area contributed by atoms with Crippen LogP contribution < -0.4 is 4.90 Å². The first-order chi connectivity index (χ1) is 18.2. The number of fused-ring (bicyclic) bond motifs is 1. The number of esters is 1. The Kier molecular flexibility index (Phi) is 9.98. The van der Waals surface area contributed by atoms with Crippen LogP contribution in [0.1, 0.15) is 108 Å². The number of hydrogen-bond acceptors (Lipinski definition) is 8. The van der Waals surface area contributed by atoms with Gasteiger partial charge in [-0.2, -0.15) is 9.61 Å². The average molecular weight is 547 g/mol. The SMILES string of the molecule is CCOC(=O)[C@@H](OC(C)(C)C)c1c(C)nc2cc(C(=O)O)nn2c1N1CCC(C)(OCCCCC(C)C)CC1. The fourth-order valence-corrected chi connectivity index (χ4v) is 4.94. The first kappa shape index (κ1) is 30.8. The zero-order valence-electron chi connectivity index (χ0n) is 24.9. The monoisotopic (exact) mass is 546 g/mol. The highest BCUT2D eigenvalue weighted by molar-refractivity contribution is 5.87. The summed E-state index contributed by atoms with van der Waals surface area (Å²) < 4.78 is 19.6. The van der Waals surface area contributed by atoms with Gasteiger partial charge in [-0.25, -0.2) is 14.6 Å². The van der Waals surface area contributed by atoms with Crippen molar-refractivity contribution in [1.82, 2.24) is 14.6 Å². The lowest BCUT2D eigenvalue weighted by Crippen LogP contribution is -2.46. The Balaban J connectivity index is 1.98. The van der Waals surface area contributed by atoms with Crippen LogP contribution in [0.2, 0.25) is 0 Å². The molecule has 1 aliphatic heterocycles. The van der Waals surface area contributed by atoms with Gasteiger partial charge in [-0.3, -0.25) is 0 Å². The molecule has 0 radical (unpaired) electrons. The van der Waals surface area contributed by atoms with Crippen molar-refractivity contribution in [3.05, 3.63) is 23.0 Å². The van der Waals surface area contributed by atoms with E-state index in [9.17, 15) is 14.7 Å². The fourth-order valence-electron chi connectivity index (χ4n) is 4.94. The van der Waals surface area contributed by atoms with Crippen LogP contribution in [0.15, 0.2) is 6.07 Å². The largest absolute Gasteiger partial charge is 0.476 e. The van der Waals surface area contributed by atoms with Crippen LogP contribution in [-0.4, -0.2) is 69.1 Å². The van der Waals surface area contributed by atoms with Gasteiger partial charge < -0.3 is 24.2 Å². The molecule has 10 heteroatoms. The number of carbonyl (C=O) groups is 2. The molecule has 0 spiro atoms. The van der Waals surface area contributed by atoms with Crippen LogP contribution in [0.3, 0.4) is 0 Å². The fraction of sp³-hybridized carbons (Fsp3) is 0.724. The minimum Gasteiger partial charge on any atom is -0.476 e. The molecule has 1 aliphatic rings. The molecule has 218 valence electrons. The minimum atomic E-state index is -1.14. The summed E-state index contributed by atoms with van der Waals surface area (Å²) in [5, 5.41) is 14.0. The van der Waals surface area contributed by atoms with Crippen molar-refractivity contribution in [2.24, 2.45) is 5.92 Å². The quantitative estimate of drug-likeness (QED) is 0.277. The Morgan fingerprint density at radius 1 is 1.18 bits per heavy atom. The van der Waals surface area contributed by atoms with E-state index < -0.39 is 23.6 Å². The van der Waals surface area contributed by atoms with Crippen molar-refractivity contribution in [2.45, 2.75) is 105 Å². The summed E-state index contributed by atoms with van der Waals surface area (Å²) in [7, 11) is 0. The van der Waals surface area contributed by atoms with E-state index in [4.69, 9.17) is 14.2 Å². The maximum absolute atomic E-state index is 13.2. The number of unbranched alkanes of at least 4 members (excludes halogenated alkanes) is 1. The third-order valence-electron chi connectivity index (χ3n) is 7.00. The number of nitrogens with zero attached hydrogens (tertiary/aromatic N) is 4. The van der Waals surface area contributed by atoms with Crippen LogP contribution in [0.4, 0.5) is 5.82 Å². The van der Waals surface area contributed by atoms with Gasteiger partial charge in [-0.05, 0) is 66.7 Å². The number of hydrogen-bond donors (Lipinski definition) is 1. The maximum Gasteiger partial charge on any atom is 0.356 e. The molecule has 0 unspecified atom stereocenters. The smallest absolute Gasteiger partial charge is 0.356 e. The molecule has 3 rings (SSSR count). The van der Waals surface area contributed by atoms with Gasteiger partial charge in [0.2, 0.25) is 0 Å². The van der Waals surface area contributed by atoms with Crippen molar-refractivity contribution in [2.75, 3.05) is 31.2 Å². The van der Waals surface area contributed by atoms with Crippen LogP contribution in [-0.2, 0) is 19.0 Å². The number of rotatable bonds is 12. The number of aromatic carboxylic acids is 1. The van der Waals surface area contributed by atoms with Crippen molar-refractivity contribution in [3.8, 4) is 0 Å². The summed E-state index contributed by atoms with van der Waals surface area (Å²) in [6, 6.07) is 1.45. The molecule has 1 N–H and O–H groups in total. The number of carbonyl (C=O) groups excluding carboxylic acids is 1. The van der Waals surface area contributed by atoms with E-state index >= 15 is 0 Å². The second-order valence-corrected chi connectivity index (χ2v) is 12.1. The van der Waals surface area contributed by atoms with Gasteiger partial charge in [-0.15, -0.1) is 0 Å². The van der Waals surface area contributed by atoms with Gasteiger partial charge in [-0.1, -0.05) is 26.7 Å². The van der Waals surface area contributed by atoms with Gasteiger partial charge in [0.05, 0.1) is 23.4 Å². The minimum absolute atomic E-state index is 0.115. The van der Waals surface area contributed by atoms with Gasteiger partial charge in [0.1, 0.15) is 5.82 Å². The molecule has 39 heavy (non-hydrogen) atoms. The number of carboxylic acids is 1. The second kappa shape index (κ2) is 12.6. The second-order valence-electron chi connectivity index (χ2n) is 12.1. The van der Waals surface area contributed by atoms with Crippen LogP contribution >= 0.6 is 0 Å². The van der Waals surface area contributed by atoms with Crippen LogP contribution in [0, 0.1) is 12.8 Å². The highest BCUT2D eigenvalue weighted by Crippen LogP contribution is 2.38. The number of piperidine rings is 1. The zero-order valence-corrected chi connectivity index (χ0v) is 24.9. The molecule has 0 aliphatic carbocycles. The summed E-state index contributed by atoms with van der Waals surface area (Å²) in [5.74, 6) is -0.361. The number of aromatic nitrogens is 3. The molecular weight excluding hydrogens is 500 g/mol. The predicted octanol–water partition coefficient (Wildman–Crippen LogP) is 5.36. The Morgan fingerprint density at radius 2 is 1.85 bits per heavy atom. The Morgan fingerprint density at radius 3 is 2.41 bits per heavy atom. The van der Waals surface area contributed by atoms with E-state index in [1.54, 1.807) is 13.8 Å². The Hall–Kier alpha value is -2.72. The zero-order chi connectivity index (χ0) is 29.0. The van der Waals surface area contributed by atoms with Gasteiger partial charge in [0.15, 0.2) is 17.4 Å². The number of aryl methyl sites for hydroxylation is 1. The van der Waals surface area contributed by atoms with E-state index in [2.05, 4.69) is 35.8 Å². The standard InChI is InChI=1S/C29H46N4O6/c1-9-37-27(36)24(39-28(5,6)7)23-20(4)30-22-18-21(26(34)35)31-33(22)25(23)32-15-13-29(8,14-16-32)38-17-11-10-12-19(2)3/h18-19,24H,9-17H2,1-8H3,(H,34,35)/t24-/m0/s1. The molecule has 3 heterocycles. The van der Waals surface area contributed by atoms with Crippen molar-refractivity contribution in [3.63, 3.8) is 0 Å². The van der Waals surface area contributed by atoms with Crippen LogP contribution in [0.25, 0.3) is 5.65 Å². The lowest BCUT2D eigenvalue weighted by molar-refractivity contribution is -0.166. The summed E-state index contributed by atoms with van der Waals surface area (Å²) >= 11 is 0. The number of ether oxygens (including phenoxy) is 3. The third kappa shape index (κ3) is 7.91. The highest BCUT2D eigenvalue weighted by atomic mass is 16.6. The summed E-state index contributed by atoms with van der Waals surface area (Å²) in [4.78, 5) is 31.8. The van der Waals surface area contributed by atoms with Gasteiger partial charge in [0, 0.05) is 31.5 Å². The summed E-state index contributed by atoms with van der Waals surface area (Å²) in [6.45, 7) is 18.0. The number of anilines is 1. The molecule has 2 aromatic rings. The average Bonchev–Trinajstić information content (AvgIpc) is 3.26. The molecule has 1 fully saturated rings. The Labute approximate surface area is 232 Å². The first-order valence-corrected chi connectivity index (χ1v) is 14.1. The Bertz CT molecular complexity index is 1140. The van der Waals surface area contributed by atoms with E-state index in [1.807, 2.05) is 20.8 Å². The molecule has 10 nitrogen and oxygen atoms in total. The van der Waals surface area contributed by atoms with Crippen molar-refractivity contribution >= 4 is 23.4 Å². The molecule has 0 aromatic carbocycles. The maximum atomic E-state index is 13.2. The van der Waals surface area contributed by atoms with Crippen LogP contribution in [0.5, 0.6) is 0 Å². The van der Waals surface area contributed by atoms with E-state index in [0.29, 0.717) is 41.7 Å². The molecule has 0 amide bonds. The van der Waals surface area contributed by atoms with E-state index in [-0.39, 0.29) is 17.9 Å². The van der Waals surface area contributed by atoms with E-state index in [1.165, 1.54) is 17.0 Å². The van der Waals surface area contributed by atoms with Crippen molar-refractivity contribution in [1.29, 1.82) is 0 Å². The summed E-state index contributed by atoms with van der Waals surface area (Å²) in [5.41, 5.74) is 0.471. The molecule has 1 atom stereocenters. The topological polar surface area (TPSA) is 115 Å². The third-order valence-corrected chi connectivity index (χ3v) is 7.00. The molecule has 1 saturated heterocycles. The van der Waals surface area contributed by atoms with Crippen molar-refractivity contribution < 1.29 is 28.9 Å². The summed E-state index contributed by atoms with van der Waals surface area (Å²) in [6.07, 6.45) is 3.90. The normalized spacial score (nSPS) is 16.6. The van der Waals surface area contributed by atoms with Gasteiger partial charge >= 0.3 is 11.9 Å². The molecule has 0 saturated carbocycles. The number of carboxylic acid groups (broad SMARTS) is 1. The lowest BCUT2D eigenvalue weighted by Gasteiger charge is -2.41. The van der Waals surface area contributed by atoms with E-state index in [0.717, 1.165) is 32.3 Å². The predicted molar refractivity (Wildman–Crippen MR) is 149 cm³/mol. The molecular formula is C29H46N4O6. The van der Waals surface area contributed by atoms with Gasteiger partial charge in [0.25, 0.3) is 0 Å². The first-order valence-electron chi connectivity index (χ1n) is 14.1. The highest BCUT2D eigenvalue weighted by Gasteiger charge is 2.38.